The average molecular weight is 495 g/mol. The quantitative estimate of drug-likeness (QED) is 0.188. The van der Waals surface area contributed by atoms with Gasteiger partial charge in [-0.25, -0.2) is 18.0 Å². The first-order valence-electron chi connectivity index (χ1n) is 12.3. The number of carbonyl (C=O) groups excluding carboxylic acids is 1. The summed E-state index contributed by atoms with van der Waals surface area (Å²) in [5.74, 6) is -2.63. The molecule has 3 aromatic carbocycles. The Bertz CT molecular complexity index is 1240. The summed E-state index contributed by atoms with van der Waals surface area (Å²) in [4.78, 5) is 12.6. The Morgan fingerprint density at radius 1 is 0.917 bits per heavy atom. The molecule has 0 atom stereocenters. The van der Waals surface area contributed by atoms with Gasteiger partial charge in [0, 0.05) is 11.6 Å². The first-order chi connectivity index (χ1) is 17.4. The molecule has 0 unspecified atom stereocenters. The van der Waals surface area contributed by atoms with E-state index in [9.17, 15) is 18.0 Å². The molecule has 1 saturated carbocycles. The molecule has 0 amide bonds. The lowest BCUT2D eigenvalue weighted by atomic mass is 9.78. The number of allylic oxidation sites excluding steroid dienone is 2. The maximum atomic E-state index is 14.9. The first-order valence-corrected chi connectivity index (χ1v) is 12.3. The van der Waals surface area contributed by atoms with Crippen molar-refractivity contribution in [3.05, 3.63) is 95.3 Å². The number of esters is 1. The molecular weight excluding hydrogens is 465 g/mol. The number of hydrogen-bond acceptors (Lipinski definition) is 3. The maximum Gasteiger partial charge on any atom is 0.346 e. The summed E-state index contributed by atoms with van der Waals surface area (Å²) in [7, 11) is 0. The van der Waals surface area contributed by atoms with Crippen molar-refractivity contribution in [1.29, 1.82) is 0 Å². The van der Waals surface area contributed by atoms with Crippen molar-refractivity contribution in [2.24, 2.45) is 5.92 Å². The molecule has 1 fully saturated rings. The Morgan fingerprint density at radius 3 is 2.25 bits per heavy atom. The van der Waals surface area contributed by atoms with E-state index >= 15 is 0 Å². The molecule has 0 radical (unpaired) electrons. The predicted octanol–water partition coefficient (Wildman–Crippen LogP) is 8.24. The zero-order valence-corrected chi connectivity index (χ0v) is 20.4. The highest BCUT2D eigenvalue weighted by Gasteiger charge is 2.27. The second-order valence-electron chi connectivity index (χ2n) is 8.96. The SMILES string of the molecule is CC=CC1CCC(c2ccc(C(=O)Oc3ccc(-c4ccc(OCC)cc4F)cc3)c(F)c2F)CC1. The molecule has 0 bridgehead atoms. The third-order valence-corrected chi connectivity index (χ3v) is 6.64. The van der Waals surface area contributed by atoms with Gasteiger partial charge in [-0.05, 0) is 92.8 Å². The molecule has 0 aliphatic heterocycles. The maximum absolute atomic E-state index is 14.9. The van der Waals surface area contributed by atoms with Gasteiger partial charge in [0.1, 0.15) is 17.3 Å². The molecule has 0 N–H and O–H groups in total. The molecule has 0 saturated heterocycles. The van der Waals surface area contributed by atoms with Gasteiger partial charge in [0.2, 0.25) is 0 Å². The molecule has 6 heteroatoms. The van der Waals surface area contributed by atoms with E-state index in [0.29, 0.717) is 35.0 Å². The Kier molecular flexibility index (Phi) is 8.14. The van der Waals surface area contributed by atoms with Gasteiger partial charge >= 0.3 is 5.97 Å². The van der Waals surface area contributed by atoms with E-state index in [0.717, 1.165) is 25.7 Å². The summed E-state index contributed by atoms with van der Waals surface area (Å²) < 4.78 is 54.8. The smallest absolute Gasteiger partial charge is 0.346 e. The number of halogens is 3. The van der Waals surface area contributed by atoms with Gasteiger partial charge < -0.3 is 9.47 Å². The average Bonchev–Trinajstić information content (AvgIpc) is 2.87. The fourth-order valence-corrected chi connectivity index (χ4v) is 4.78. The standard InChI is InChI=1S/C30H29F3O3/c1-3-5-19-6-8-21(9-7-19)25-16-17-26(29(33)28(25)32)30(34)36-22-12-10-20(11-13-22)24-15-14-23(35-4-2)18-27(24)31/h3,5,10-19,21H,4,6-9H2,1-2H3. The van der Waals surface area contributed by atoms with Crippen molar-refractivity contribution in [3.8, 4) is 22.6 Å². The lowest BCUT2D eigenvalue weighted by Gasteiger charge is -2.27. The molecular formula is C30H29F3O3. The van der Waals surface area contributed by atoms with E-state index < -0.39 is 29.0 Å². The molecule has 1 aliphatic carbocycles. The molecule has 3 nitrogen and oxygen atoms in total. The monoisotopic (exact) mass is 494 g/mol. The number of hydrogen-bond donors (Lipinski definition) is 0. The van der Waals surface area contributed by atoms with E-state index in [1.165, 1.54) is 30.3 Å². The van der Waals surface area contributed by atoms with Gasteiger partial charge in [0.25, 0.3) is 0 Å². The summed E-state index contributed by atoms with van der Waals surface area (Å²) in [6.07, 6.45) is 7.59. The number of ether oxygens (including phenoxy) is 2. The summed E-state index contributed by atoms with van der Waals surface area (Å²) in [6, 6.07) is 13.5. The fraction of sp³-hybridized carbons (Fsp3) is 0.300. The van der Waals surface area contributed by atoms with E-state index in [1.807, 2.05) is 19.9 Å². The highest BCUT2D eigenvalue weighted by Crippen LogP contribution is 2.38. The molecule has 1 aliphatic rings. The second kappa shape index (κ2) is 11.5. The number of benzene rings is 3. The highest BCUT2D eigenvalue weighted by atomic mass is 19.2. The fourth-order valence-electron chi connectivity index (χ4n) is 4.78. The van der Waals surface area contributed by atoms with Crippen LogP contribution in [0.1, 0.15) is 61.4 Å². The van der Waals surface area contributed by atoms with E-state index in [4.69, 9.17) is 9.47 Å². The Hall–Kier alpha value is -3.54. The first kappa shape index (κ1) is 25.5. The van der Waals surface area contributed by atoms with Crippen LogP contribution in [0.5, 0.6) is 11.5 Å². The number of rotatable bonds is 7. The molecule has 36 heavy (non-hydrogen) atoms. The van der Waals surface area contributed by atoms with E-state index in [-0.39, 0.29) is 11.7 Å². The lowest BCUT2D eigenvalue weighted by Crippen LogP contribution is -2.16. The minimum Gasteiger partial charge on any atom is -0.494 e. The largest absolute Gasteiger partial charge is 0.494 e. The summed E-state index contributed by atoms with van der Waals surface area (Å²) in [5, 5.41) is 0. The zero-order valence-electron chi connectivity index (χ0n) is 20.4. The van der Waals surface area contributed by atoms with Crippen LogP contribution in [0.15, 0.2) is 66.7 Å². The van der Waals surface area contributed by atoms with Gasteiger partial charge in [0.05, 0.1) is 12.2 Å². The molecule has 3 aromatic rings. The minimum atomic E-state index is -1.19. The lowest BCUT2D eigenvalue weighted by molar-refractivity contribution is 0.0728. The van der Waals surface area contributed by atoms with Crippen LogP contribution in [0, 0.1) is 23.4 Å². The van der Waals surface area contributed by atoms with Crippen LogP contribution >= 0.6 is 0 Å². The Balaban J connectivity index is 1.45. The van der Waals surface area contributed by atoms with Crippen LogP contribution in [-0.2, 0) is 0 Å². The van der Waals surface area contributed by atoms with Crippen molar-refractivity contribution < 1.29 is 27.4 Å². The van der Waals surface area contributed by atoms with Crippen LogP contribution in [-0.4, -0.2) is 12.6 Å². The Morgan fingerprint density at radius 2 is 1.61 bits per heavy atom. The van der Waals surface area contributed by atoms with Gasteiger partial charge in [-0.2, -0.15) is 0 Å². The molecule has 0 heterocycles. The van der Waals surface area contributed by atoms with Crippen LogP contribution < -0.4 is 9.47 Å². The topological polar surface area (TPSA) is 35.5 Å². The van der Waals surface area contributed by atoms with Crippen LogP contribution in [0.4, 0.5) is 13.2 Å². The van der Waals surface area contributed by atoms with Gasteiger partial charge in [0.15, 0.2) is 11.6 Å². The predicted molar refractivity (Wildman–Crippen MR) is 134 cm³/mol. The minimum absolute atomic E-state index is 0.0679. The highest BCUT2D eigenvalue weighted by molar-refractivity contribution is 5.91. The van der Waals surface area contributed by atoms with Crippen molar-refractivity contribution in [3.63, 3.8) is 0 Å². The van der Waals surface area contributed by atoms with E-state index in [1.54, 1.807) is 24.3 Å². The summed E-state index contributed by atoms with van der Waals surface area (Å²) in [6.45, 7) is 4.23. The summed E-state index contributed by atoms with van der Waals surface area (Å²) >= 11 is 0. The van der Waals surface area contributed by atoms with E-state index in [2.05, 4.69) is 6.08 Å². The van der Waals surface area contributed by atoms with Crippen molar-refractivity contribution in [2.45, 2.75) is 45.4 Å². The summed E-state index contributed by atoms with van der Waals surface area (Å²) in [5.41, 5.74) is 0.783. The van der Waals surface area contributed by atoms with Crippen molar-refractivity contribution in [1.82, 2.24) is 0 Å². The van der Waals surface area contributed by atoms with Gasteiger partial charge in [-0.15, -0.1) is 0 Å². The Labute approximate surface area is 209 Å². The van der Waals surface area contributed by atoms with Crippen LogP contribution in [0.3, 0.4) is 0 Å². The normalized spacial score (nSPS) is 17.8. The van der Waals surface area contributed by atoms with Crippen molar-refractivity contribution >= 4 is 5.97 Å². The van der Waals surface area contributed by atoms with Gasteiger partial charge in [-0.3, -0.25) is 0 Å². The molecule has 0 spiro atoms. The van der Waals surface area contributed by atoms with Crippen molar-refractivity contribution in [2.75, 3.05) is 6.61 Å². The molecule has 188 valence electrons. The van der Waals surface area contributed by atoms with Crippen LogP contribution in [0.2, 0.25) is 0 Å². The zero-order chi connectivity index (χ0) is 25.7. The molecule has 4 rings (SSSR count). The second-order valence-corrected chi connectivity index (χ2v) is 8.96. The third kappa shape index (κ3) is 5.64. The third-order valence-electron chi connectivity index (χ3n) is 6.64. The van der Waals surface area contributed by atoms with Gasteiger partial charge in [-0.1, -0.05) is 30.4 Å². The molecule has 0 aromatic heterocycles. The number of carbonyl (C=O) groups is 1. The van der Waals surface area contributed by atoms with Crippen LogP contribution in [0.25, 0.3) is 11.1 Å².